The van der Waals surface area contributed by atoms with Crippen LogP contribution in [0.4, 0.5) is 10.1 Å². The Balaban J connectivity index is 1.53. The van der Waals surface area contributed by atoms with Gasteiger partial charge in [0.25, 0.3) is 10.2 Å². The third-order valence-electron chi connectivity index (χ3n) is 6.06. The number of piperazine rings is 1. The van der Waals surface area contributed by atoms with E-state index in [1.165, 1.54) is 22.0 Å². The Morgan fingerprint density at radius 1 is 1.00 bits per heavy atom. The van der Waals surface area contributed by atoms with Gasteiger partial charge in [-0.05, 0) is 55.3 Å². The fraction of sp³-hybridized carbons (Fsp3) is 0.455. The van der Waals surface area contributed by atoms with E-state index in [0.29, 0.717) is 25.1 Å². The molecular formula is C22H29FN4O2S. The molecule has 30 heavy (non-hydrogen) atoms. The normalized spacial score (nSPS) is 19.5. The summed E-state index contributed by atoms with van der Waals surface area (Å²) in [7, 11) is -1.63. The van der Waals surface area contributed by atoms with Crippen LogP contribution < -0.4 is 9.62 Å². The number of halogens is 1. The molecule has 0 amide bonds. The Morgan fingerprint density at radius 3 is 2.43 bits per heavy atom. The van der Waals surface area contributed by atoms with Crippen molar-refractivity contribution < 1.29 is 12.8 Å². The van der Waals surface area contributed by atoms with E-state index in [1.54, 1.807) is 13.0 Å². The van der Waals surface area contributed by atoms with Crippen molar-refractivity contribution in [2.24, 2.45) is 0 Å². The van der Waals surface area contributed by atoms with Crippen LogP contribution in [0.2, 0.25) is 0 Å². The number of nitrogens with one attached hydrogen (secondary N) is 1. The maximum absolute atomic E-state index is 14.1. The van der Waals surface area contributed by atoms with Crippen molar-refractivity contribution in [1.82, 2.24) is 13.9 Å². The van der Waals surface area contributed by atoms with Gasteiger partial charge in [0.15, 0.2) is 0 Å². The molecule has 2 aliphatic rings. The first kappa shape index (κ1) is 21.2. The lowest BCUT2D eigenvalue weighted by atomic mass is 10.0. The molecule has 1 saturated heterocycles. The van der Waals surface area contributed by atoms with Gasteiger partial charge in [-0.25, -0.2) is 4.39 Å². The Kier molecular flexibility index (Phi) is 6.11. The first-order valence-electron chi connectivity index (χ1n) is 10.4. The zero-order valence-corrected chi connectivity index (χ0v) is 18.3. The van der Waals surface area contributed by atoms with Gasteiger partial charge in [-0.15, -0.1) is 0 Å². The Hall–Kier alpha value is -2.00. The zero-order chi connectivity index (χ0) is 21.3. The maximum atomic E-state index is 14.1. The van der Waals surface area contributed by atoms with Gasteiger partial charge in [0, 0.05) is 51.0 Å². The van der Waals surface area contributed by atoms with Crippen molar-refractivity contribution in [3.8, 4) is 0 Å². The highest BCUT2D eigenvalue weighted by molar-refractivity contribution is 7.87. The van der Waals surface area contributed by atoms with E-state index in [-0.39, 0.29) is 5.82 Å². The molecule has 162 valence electrons. The highest BCUT2D eigenvalue weighted by atomic mass is 32.2. The number of likely N-dealkylation sites (N-methyl/N-ethyl adjacent to an activating group) is 1. The molecule has 2 heterocycles. The van der Waals surface area contributed by atoms with E-state index >= 15 is 0 Å². The number of hydrogen-bond acceptors (Lipinski definition) is 4. The van der Waals surface area contributed by atoms with E-state index in [1.807, 2.05) is 24.3 Å². The van der Waals surface area contributed by atoms with E-state index in [2.05, 4.69) is 21.6 Å². The first-order chi connectivity index (χ1) is 14.3. The summed E-state index contributed by atoms with van der Waals surface area (Å²) in [6.07, 6.45) is 0.692. The van der Waals surface area contributed by atoms with Crippen molar-refractivity contribution in [2.45, 2.75) is 25.9 Å². The third-order valence-corrected chi connectivity index (χ3v) is 7.70. The summed E-state index contributed by atoms with van der Waals surface area (Å²) in [6, 6.07) is 12.0. The van der Waals surface area contributed by atoms with Crippen LogP contribution in [0.3, 0.4) is 0 Å². The summed E-state index contributed by atoms with van der Waals surface area (Å²) in [6.45, 7) is 6.08. The molecule has 0 aromatic heterocycles. The van der Waals surface area contributed by atoms with Crippen molar-refractivity contribution in [2.75, 3.05) is 44.7 Å². The summed E-state index contributed by atoms with van der Waals surface area (Å²) >= 11 is 0. The highest BCUT2D eigenvalue weighted by Crippen LogP contribution is 2.29. The van der Waals surface area contributed by atoms with E-state index in [0.717, 1.165) is 37.4 Å². The van der Waals surface area contributed by atoms with Gasteiger partial charge in [-0.3, -0.25) is 0 Å². The maximum Gasteiger partial charge on any atom is 0.280 e. The fourth-order valence-electron chi connectivity index (χ4n) is 4.24. The van der Waals surface area contributed by atoms with E-state index < -0.39 is 16.3 Å². The van der Waals surface area contributed by atoms with Crippen molar-refractivity contribution in [3.63, 3.8) is 0 Å². The Labute approximate surface area is 178 Å². The average molecular weight is 433 g/mol. The monoisotopic (exact) mass is 432 g/mol. The highest BCUT2D eigenvalue weighted by Gasteiger charge is 2.29. The predicted octanol–water partition coefficient (Wildman–Crippen LogP) is 2.53. The third kappa shape index (κ3) is 4.51. The lowest BCUT2D eigenvalue weighted by Gasteiger charge is -2.36. The van der Waals surface area contributed by atoms with Crippen LogP contribution in [0, 0.1) is 5.82 Å². The molecule has 2 aliphatic heterocycles. The van der Waals surface area contributed by atoms with Crippen LogP contribution in [0.15, 0.2) is 42.5 Å². The molecular weight excluding hydrogens is 403 g/mol. The molecule has 0 aliphatic carbocycles. The second kappa shape index (κ2) is 8.63. The minimum absolute atomic E-state index is 0.354. The van der Waals surface area contributed by atoms with Gasteiger partial charge in [-0.1, -0.05) is 24.3 Å². The molecule has 0 radical (unpaired) electrons. The van der Waals surface area contributed by atoms with E-state index in [4.69, 9.17) is 0 Å². The standard InChI is InChI=1S/C22H29FN4O2S/c1-17(21-15-20(23)7-8-22(21)26-13-11-25(2)12-14-26)24-30(28,29)27-10-9-18-5-3-4-6-19(18)16-27/h3-8,15,17,24H,9-14,16H2,1-2H3. The van der Waals surface area contributed by atoms with Crippen LogP contribution in [0.1, 0.15) is 29.7 Å². The quantitative estimate of drug-likeness (QED) is 0.789. The largest absolute Gasteiger partial charge is 0.369 e. The molecule has 0 bridgehead atoms. The number of rotatable bonds is 5. The summed E-state index contributed by atoms with van der Waals surface area (Å²) in [5.41, 5.74) is 3.79. The predicted molar refractivity (Wildman–Crippen MR) is 117 cm³/mol. The number of anilines is 1. The second-order valence-corrected chi connectivity index (χ2v) is 9.89. The number of fused-ring (bicyclic) bond motifs is 1. The number of benzene rings is 2. The summed E-state index contributed by atoms with van der Waals surface area (Å²) in [5.74, 6) is -0.360. The smallest absolute Gasteiger partial charge is 0.280 e. The minimum atomic E-state index is -3.71. The Bertz CT molecular complexity index is 1010. The van der Waals surface area contributed by atoms with Gasteiger partial charge in [0.05, 0.1) is 0 Å². The minimum Gasteiger partial charge on any atom is -0.369 e. The molecule has 1 N–H and O–H groups in total. The molecule has 1 fully saturated rings. The molecule has 0 spiro atoms. The van der Waals surface area contributed by atoms with E-state index in [9.17, 15) is 12.8 Å². The SMILES string of the molecule is CC(NS(=O)(=O)N1CCc2ccccc2C1)c1cc(F)ccc1N1CCN(C)CC1. The summed E-state index contributed by atoms with van der Waals surface area (Å²) < 4.78 is 44.5. The first-order valence-corrected chi connectivity index (χ1v) is 11.8. The molecule has 0 saturated carbocycles. The topological polar surface area (TPSA) is 55.9 Å². The van der Waals surface area contributed by atoms with Crippen molar-refractivity contribution >= 4 is 15.9 Å². The average Bonchev–Trinajstić information content (AvgIpc) is 2.74. The molecule has 1 unspecified atom stereocenters. The van der Waals surface area contributed by atoms with Crippen molar-refractivity contribution in [3.05, 3.63) is 65.0 Å². The van der Waals surface area contributed by atoms with Gasteiger partial charge in [-0.2, -0.15) is 17.4 Å². The summed E-state index contributed by atoms with van der Waals surface area (Å²) in [5, 5.41) is 0. The van der Waals surface area contributed by atoms with Crippen LogP contribution in [-0.2, 0) is 23.2 Å². The van der Waals surface area contributed by atoms with Gasteiger partial charge in [0.2, 0.25) is 0 Å². The number of nitrogens with zero attached hydrogens (tertiary/aromatic N) is 3. The second-order valence-electron chi connectivity index (χ2n) is 8.19. The molecule has 2 aromatic carbocycles. The van der Waals surface area contributed by atoms with Crippen LogP contribution in [0.25, 0.3) is 0 Å². The van der Waals surface area contributed by atoms with Gasteiger partial charge >= 0.3 is 0 Å². The van der Waals surface area contributed by atoms with Gasteiger partial charge in [0.1, 0.15) is 5.82 Å². The lowest BCUT2D eigenvalue weighted by molar-refractivity contribution is 0.312. The Morgan fingerprint density at radius 2 is 1.70 bits per heavy atom. The number of hydrogen-bond donors (Lipinski definition) is 1. The molecule has 1 atom stereocenters. The van der Waals surface area contributed by atoms with Crippen LogP contribution >= 0.6 is 0 Å². The van der Waals surface area contributed by atoms with Crippen LogP contribution in [0.5, 0.6) is 0 Å². The van der Waals surface area contributed by atoms with Crippen molar-refractivity contribution in [1.29, 1.82) is 0 Å². The lowest BCUT2D eigenvalue weighted by Crippen LogP contribution is -2.46. The molecule has 2 aromatic rings. The fourth-order valence-corrected chi connectivity index (χ4v) is 5.61. The molecule has 6 nitrogen and oxygen atoms in total. The molecule has 8 heteroatoms. The zero-order valence-electron chi connectivity index (χ0n) is 17.5. The van der Waals surface area contributed by atoms with Gasteiger partial charge < -0.3 is 9.80 Å². The van der Waals surface area contributed by atoms with Crippen LogP contribution in [-0.4, -0.2) is 57.4 Å². The summed E-state index contributed by atoms with van der Waals surface area (Å²) in [4.78, 5) is 4.46. The molecule has 4 rings (SSSR count).